The predicted octanol–water partition coefficient (Wildman–Crippen LogP) is 3.84. The number of nitrogens with zero attached hydrogens (tertiary/aromatic N) is 1. The van der Waals surface area contributed by atoms with Gasteiger partial charge >= 0.3 is 0 Å². The van der Waals surface area contributed by atoms with Gasteiger partial charge in [0.15, 0.2) is 0 Å². The van der Waals surface area contributed by atoms with E-state index >= 15 is 0 Å². The Kier molecular flexibility index (Phi) is 4.04. The largest absolute Gasteiger partial charge is 0.398 e. The van der Waals surface area contributed by atoms with Crippen LogP contribution in [-0.4, -0.2) is 0 Å². The maximum atomic E-state index is 8.99. The number of rotatable bonds is 4. The molecule has 3 nitrogen and oxygen atoms in total. The standard InChI is InChI=1S/C16H17N3/c1-2-5-12-6-3-4-7-16(12)19-14-8-9-15(18)13(10-14)11-17/h3-4,6-10,19H,2,5,18H2,1H3. The van der Waals surface area contributed by atoms with Gasteiger partial charge in [-0.1, -0.05) is 31.5 Å². The van der Waals surface area contributed by atoms with Crippen molar-refractivity contribution in [3.8, 4) is 6.07 Å². The van der Waals surface area contributed by atoms with E-state index in [-0.39, 0.29) is 0 Å². The summed E-state index contributed by atoms with van der Waals surface area (Å²) in [4.78, 5) is 0. The monoisotopic (exact) mass is 251 g/mol. The topological polar surface area (TPSA) is 61.8 Å². The Morgan fingerprint density at radius 3 is 2.74 bits per heavy atom. The van der Waals surface area contributed by atoms with Gasteiger partial charge in [-0.05, 0) is 36.2 Å². The second-order valence-corrected chi connectivity index (χ2v) is 4.45. The molecule has 0 radical (unpaired) electrons. The van der Waals surface area contributed by atoms with Crippen LogP contribution in [0.3, 0.4) is 0 Å². The highest BCUT2D eigenvalue weighted by Gasteiger charge is 2.03. The first-order valence-electron chi connectivity index (χ1n) is 6.39. The van der Waals surface area contributed by atoms with E-state index in [0.29, 0.717) is 11.3 Å². The number of para-hydroxylation sites is 1. The first kappa shape index (κ1) is 13.0. The summed E-state index contributed by atoms with van der Waals surface area (Å²) in [6.07, 6.45) is 2.13. The fourth-order valence-corrected chi connectivity index (χ4v) is 2.02. The Balaban J connectivity index is 2.29. The van der Waals surface area contributed by atoms with E-state index in [1.165, 1.54) is 5.56 Å². The van der Waals surface area contributed by atoms with E-state index in [0.717, 1.165) is 24.2 Å². The van der Waals surface area contributed by atoms with Crippen molar-refractivity contribution in [3.05, 3.63) is 53.6 Å². The van der Waals surface area contributed by atoms with E-state index in [1.54, 1.807) is 12.1 Å². The first-order valence-corrected chi connectivity index (χ1v) is 6.39. The molecule has 0 aromatic heterocycles. The predicted molar refractivity (Wildman–Crippen MR) is 79.3 cm³/mol. The highest BCUT2D eigenvalue weighted by molar-refractivity contribution is 5.68. The lowest BCUT2D eigenvalue weighted by atomic mass is 10.1. The van der Waals surface area contributed by atoms with Crippen LogP contribution in [0, 0.1) is 11.3 Å². The maximum Gasteiger partial charge on any atom is 0.101 e. The number of nitrogen functional groups attached to an aromatic ring is 1. The zero-order chi connectivity index (χ0) is 13.7. The summed E-state index contributed by atoms with van der Waals surface area (Å²) in [7, 11) is 0. The molecule has 0 bridgehead atoms. The van der Waals surface area contributed by atoms with E-state index in [4.69, 9.17) is 11.0 Å². The molecule has 2 aromatic carbocycles. The molecular formula is C16H17N3. The molecule has 0 fully saturated rings. The van der Waals surface area contributed by atoms with Crippen molar-refractivity contribution in [3.63, 3.8) is 0 Å². The Hall–Kier alpha value is -2.47. The van der Waals surface area contributed by atoms with E-state index in [1.807, 2.05) is 24.3 Å². The highest BCUT2D eigenvalue weighted by atomic mass is 14.9. The van der Waals surface area contributed by atoms with Crippen LogP contribution >= 0.6 is 0 Å². The van der Waals surface area contributed by atoms with Crippen LogP contribution in [0.1, 0.15) is 24.5 Å². The molecule has 96 valence electrons. The summed E-state index contributed by atoms with van der Waals surface area (Å²) in [6, 6.07) is 15.7. The normalized spacial score (nSPS) is 9.89. The second kappa shape index (κ2) is 5.92. The quantitative estimate of drug-likeness (QED) is 0.812. The smallest absolute Gasteiger partial charge is 0.101 e. The molecular weight excluding hydrogens is 234 g/mol. The summed E-state index contributed by atoms with van der Waals surface area (Å²) in [5.74, 6) is 0. The van der Waals surface area contributed by atoms with Crippen molar-refractivity contribution < 1.29 is 0 Å². The molecule has 0 aliphatic rings. The van der Waals surface area contributed by atoms with Crippen LogP contribution in [0.25, 0.3) is 0 Å². The molecule has 3 heteroatoms. The van der Waals surface area contributed by atoms with Gasteiger partial charge in [0.25, 0.3) is 0 Å². The Morgan fingerprint density at radius 1 is 1.21 bits per heavy atom. The fraction of sp³-hybridized carbons (Fsp3) is 0.188. The molecule has 0 aliphatic heterocycles. The van der Waals surface area contributed by atoms with Gasteiger partial charge in [0.2, 0.25) is 0 Å². The number of nitriles is 1. The molecule has 0 unspecified atom stereocenters. The van der Waals surface area contributed by atoms with Crippen LogP contribution in [0.2, 0.25) is 0 Å². The van der Waals surface area contributed by atoms with Crippen LogP contribution < -0.4 is 11.1 Å². The van der Waals surface area contributed by atoms with Crippen molar-refractivity contribution in [2.45, 2.75) is 19.8 Å². The number of hydrogen-bond donors (Lipinski definition) is 2. The SMILES string of the molecule is CCCc1ccccc1Nc1ccc(N)c(C#N)c1. The summed E-state index contributed by atoms with van der Waals surface area (Å²) in [5.41, 5.74) is 9.97. The summed E-state index contributed by atoms with van der Waals surface area (Å²) in [6.45, 7) is 2.16. The average Bonchev–Trinajstić information content (AvgIpc) is 2.43. The van der Waals surface area contributed by atoms with Crippen molar-refractivity contribution in [1.82, 2.24) is 0 Å². The van der Waals surface area contributed by atoms with Crippen molar-refractivity contribution >= 4 is 17.1 Å². The number of nitrogens with two attached hydrogens (primary N) is 1. The van der Waals surface area contributed by atoms with E-state index in [9.17, 15) is 0 Å². The number of hydrogen-bond acceptors (Lipinski definition) is 3. The molecule has 0 saturated heterocycles. The third kappa shape index (κ3) is 3.05. The lowest BCUT2D eigenvalue weighted by Gasteiger charge is -2.12. The minimum Gasteiger partial charge on any atom is -0.398 e. The van der Waals surface area contributed by atoms with E-state index < -0.39 is 0 Å². The molecule has 0 amide bonds. The molecule has 0 atom stereocenters. The maximum absolute atomic E-state index is 8.99. The Labute approximate surface area is 113 Å². The van der Waals surface area contributed by atoms with E-state index in [2.05, 4.69) is 24.4 Å². The molecule has 2 rings (SSSR count). The molecule has 0 spiro atoms. The first-order chi connectivity index (χ1) is 9.24. The summed E-state index contributed by atoms with van der Waals surface area (Å²) < 4.78 is 0. The van der Waals surface area contributed by atoms with Gasteiger partial charge in [-0.25, -0.2) is 0 Å². The molecule has 3 N–H and O–H groups in total. The zero-order valence-electron chi connectivity index (χ0n) is 11.0. The van der Waals surface area contributed by atoms with Crippen molar-refractivity contribution in [2.24, 2.45) is 0 Å². The van der Waals surface area contributed by atoms with Gasteiger partial charge in [0.05, 0.1) is 5.56 Å². The Bertz CT molecular complexity index is 612. The third-order valence-corrected chi connectivity index (χ3v) is 2.99. The summed E-state index contributed by atoms with van der Waals surface area (Å²) in [5, 5.41) is 12.3. The van der Waals surface area contributed by atoms with Crippen LogP contribution in [0.5, 0.6) is 0 Å². The summed E-state index contributed by atoms with van der Waals surface area (Å²) >= 11 is 0. The van der Waals surface area contributed by atoms with Crippen LogP contribution in [0.4, 0.5) is 17.1 Å². The van der Waals surface area contributed by atoms with Gasteiger partial charge < -0.3 is 11.1 Å². The van der Waals surface area contributed by atoms with Crippen molar-refractivity contribution in [2.75, 3.05) is 11.1 Å². The van der Waals surface area contributed by atoms with Crippen LogP contribution in [-0.2, 0) is 6.42 Å². The number of anilines is 3. The van der Waals surface area contributed by atoms with Gasteiger partial charge in [0.1, 0.15) is 6.07 Å². The minimum absolute atomic E-state index is 0.498. The minimum atomic E-state index is 0.498. The van der Waals surface area contributed by atoms with Crippen molar-refractivity contribution in [1.29, 1.82) is 5.26 Å². The number of aryl methyl sites for hydroxylation is 1. The fourth-order valence-electron chi connectivity index (χ4n) is 2.02. The number of nitrogens with one attached hydrogen (secondary N) is 1. The Morgan fingerprint density at radius 2 is 2.00 bits per heavy atom. The molecule has 0 saturated carbocycles. The zero-order valence-corrected chi connectivity index (χ0v) is 11.0. The highest BCUT2D eigenvalue weighted by Crippen LogP contribution is 2.24. The number of benzene rings is 2. The molecule has 0 aliphatic carbocycles. The molecule has 2 aromatic rings. The molecule has 0 heterocycles. The van der Waals surface area contributed by atoms with Crippen LogP contribution in [0.15, 0.2) is 42.5 Å². The van der Waals surface area contributed by atoms with Gasteiger partial charge in [-0.15, -0.1) is 0 Å². The van der Waals surface area contributed by atoms with Gasteiger partial charge in [-0.2, -0.15) is 5.26 Å². The third-order valence-electron chi connectivity index (χ3n) is 2.99. The second-order valence-electron chi connectivity index (χ2n) is 4.45. The lowest BCUT2D eigenvalue weighted by molar-refractivity contribution is 0.923. The average molecular weight is 251 g/mol. The van der Waals surface area contributed by atoms with Gasteiger partial charge in [-0.3, -0.25) is 0 Å². The lowest BCUT2D eigenvalue weighted by Crippen LogP contribution is -1.97. The molecule has 19 heavy (non-hydrogen) atoms. The van der Waals surface area contributed by atoms with Gasteiger partial charge in [0, 0.05) is 17.1 Å².